The number of benzene rings is 1. The summed E-state index contributed by atoms with van der Waals surface area (Å²) in [4.78, 5) is 13.9. The van der Waals surface area contributed by atoms with Crippen molar-refractivity contribution >= 4 is 28.2 Å². The molecule has 0 saturated carbocycles. The Morgan fingerprint density at radius 2 is 1.91 bits per heavy atom. The summed E-state index contributed by atoms with van der Waals surface area (Å²) in [6, 6.07) is 9.97. The summed E-state index contributed by atoms with van der Waals surface area (Å²) in [6.45, 7) is 3.38. The molecule has 0 radical (unpaired) electrons. The lowest BCUT2D eigenvalue weighted by Crippen LogP contribution is -2.35. The first-order valence-corrected chi connectivity index (χ1v) is 9.52. The van der Waals surface area contributed by atoms with Gasteiger partial charge in [-0.05, 0) is 24.4 Å². The number of halogens is 1. The molecule has 0 aliphatic carbocycles. The molecule has 1 fully saturated rings. The second-order valence-corrected chi connectivity index (χ2v) is 8.09. The number of hydrogen-bond acceptors (Lipinski definition) is 4. The quantitative estimate of drug-likeness (QED) is 0.832. The third kappa shape index (κ3) is 5.19. The molecule has 2 atom stereocenters. The van der Waals surface area contributed by atoms with Gasteiger partial charge in [0.25, 0.3) is 0 Å². The number of likely N-dealkylation sites (tertiary alicyclic amines) is 1. The van der Waals surface area contributed by atoms with Crippen LogP contribution < -0.4 is 5.73 Å². The number of amides is 1. The van der Waals surface area contributed by atoms with Crippen LogP contribution in [0.4, 0.5) is 0 Å². The van der Waals surface area contributed by atoms with Crippen LogP contribution in [0.5, 0.6) is 0 Å². The number of rotatable bonds is 6. The molecule has 7 heteroatoms. The number of sulfone groups is 1. The van der Waals surface area contributed by atoms with Crippen LogP contribution in [0.15, 0.2) is 30.3 Å². The monoisotopic (exact) mass is 360 g/mol. The first-order valence-electron chi connectivity index (χ1n) is 7.70. The van der Waals surface area contributed by atoms with Gasteiger partial charge in [0.2, 0.25) is 5.91 Å². The predicted molar refractivity (Wildman–Crippen MR) is 94.5 cm³/mol. The second kappa shape index (κ2) is 8.66. The number of hydrogen-bond donors (Lipinski definition) is 1. The summed E-state index contributed by atoms with van der Waals surface area (Å²) in [5.74, 6) is -0.260. The molecule has 1 amide bonds. The van der Waals surface area contributed by atoms with Gasteiger partial charge in [0.15, 0.2) is 9.84 Å². The summed E-state index contributed by atoms with van der Waals surface area (Å²) >= 11 is 0. The lowest BCUT2D eigenvalue weighted by atomic mass is 9.89. The van der Waals surface area contributed by atoms with Crippen molar-refractivity contribution in [1.29, 1.82) is 0 Å². The fraction of sp³-hybridized carbons (Fsp3) is 0.562. The minimum atomic E-state index is -3.30. The number of carbonyl (C=O) groups excluding carboxylic acids is 1. The lowest BCUT2D eigenvalue weighted by molar-refractivity contribution is -0.127. The Morgan fingerprint density at radius 3 is 2.48 bits per heavy atom. The first-order chi connectivity index (χ1) is 10.5. The summed E-state index contributed by atoms with van der Waals surface area (Å²) in [6.07, 6.45) is 0.535. The fourth-order valence-electron chi connectivity index (χ4n) is 3.05. The van der Waals surface area contributed by atoms with Crippen LogP contribution in [0.2, 0.25) is 0 Å². The van der Waals surface area contributed by atoms with Gasteiger partial charge in [-0.25, -0.2) is 8.42 Å². The van der Waals surface area contributed by atoms with Crippen molar-refractivity contribution in [2.24, 2.45) is 11.7 Å². The van der Waals surface area contributed by atoms with E-state index in [1.54, 1.807) is 11.8 Å². The maximum Gasteiger partial charge on any atom is 0.237 e. The molecule has 5 nitrogen and oxygen atoms in total. The Hall–Kier alpha value is -1.11. The molecule has 1 aromatic rings. The van der Waals surface area contributed by atoms with E-state index in [1.165, 1.54) is 0 Å². The van der Waals surface area contributed by atoms with Crippen molar-refractivity contribution in [3.63, 3.8) is 0 Å². The van der Waals surface area contributed by atoms with Gasteiger partial charge in [-0.1, -0.05) is 37.3 Å². The highest BCUT2D eigenvalue weighted by Crippen LogP contribution is 2.32. The van der Waals surface area contributed by atoms with E-state index in [2.05, 4.69) is 0 Å². The Balaban J connectivity index is 0.00000264. The molecule has 1 saturated heterocycles. The third-order valence-electron chi connectivity index (χ3n) is 4.18. The van der Waals surface area contributed by atoms with Gasteiger partial charge < -0.3 is 10.6 Å². The average molecular weight is 361 g/mol. The normalized spacial score (nSPS) is 21.0. The second-order valence-electron chi connectivity index (χ2n) is 5.90. The number of nitrogens with zero attached hydrogens (tertiary/aromatic N) is 1. The molecule has 0 unspecified atom stereocenters. The Labute approximate surface area is 144 Å². The van der Waals surface area contributed by atoms with Crippen molar-refractivity contribution in [2.45, 2.75) is 19.3 Å². The highest BCUT2D eigenvalue weighted by atomic mass is 35.5. The summed E-state index contributed by atoms with van der Waals surface area (Å²) in [7, 11) is -3.30. The van der Waals surface area contributed by atoms with E-state index in [9.17, 15) is 13.2 Å². The van der Waals surface area contributed by atoms with Gasteiger partial charge >= 0.3 is 0 Å². The van der Waals surface area contributed by atoms with Crippen LogP contribution in [0.3, 0.4) is 0 Å². The van der Waals surface area contributed by atoms with Crippen molar-refractivity contribution in [3.8, 4) is 0 Å². The topological polar surface area (TPSA) is 80.5 Å². The number of carbonyl (C=O) groups is 1. The van der Waals surface area contributed by atoms with Crippen LogP contribution >= 0.6 is 12.4 Å². The summed E-state index contributed by atoms with van der Waals surface area (Å²) in [5, 5.41) is 0. The van der Waals surface area contributed by atoms with Gasteiger partial charge in [0.05, 0.1) is 5.75 Å². The van der Waals surface area contributed by atoms with Gasteiger partial charge in [-0.15, -0.1) is 12.4 Å². The van der Waals surface area contributed by atoms with E-state index in [0.717, 1.165) is 5.56 Å². The molecule has 2 N–H and O–H groups in total. The molecule has 0 bridgehead atoms. The smallest absolute Gasteiger partial charge is 0.237 e. The van der Waals surface area contributed by atoms with Gasteiger partial charge in [0.1, 0.15) is 5.75 Å². The zero-order valence-electron chi connectivity index (χ0n) is 13.3. The summed E-state index contributed by atoms with van der Waals surface area (Å²) in [5.41, 5.74) is 7.00. The molecule has 1 aliphatic heterocycles. The average Bonchev–Trinajstić information content (AvgIpc) is 2.92. The highest BCUT2D eigenvalue weighted by Gasteiger charge is 2.36. The van der Waals surface area contributed by atoms with E-state index in [-0.39, 0.29) is 41.7 Å². The zero-order valence-corrected chi connectivity index (χ0v) is 15.0. The Morgan fingerprint density at radius 1 is 1.26 bits per heavy atom. The van der Waals surface area contributed by atoms with Crippen LogP contribution in [-0.2, 0) is 14.6 Å². The highest BCUT2D eigenvalue weighted by molar-refractivity contribution is 7.92. The molecule has 0 spiro atoms. The van der Waals surface area contributed by atoms with Crippen molar-refractivity contribution in [3.05, 3.63) is 35.9 Å². The summed E-state index contributed by atoms with van der Waals surface area (Å²) < 4.78 is 23.7. The Kier molecular flexibility index (Phi) is 7.51. The van der Waals surface area contributed by atoms with E-state index >= 15 is 0 Å². The van der Waals surface area contributed by atoms with E-state index < -0.39 is 9.84 Å². The van der Waals surface area contributed by atoms with Crippen LogP contribution in [-0.4, -0.2) is 50.4 Å². The maximum absolute atomic E-state index is 12.3. The van der Waals surface area contributed by atoms with Crippen molar-refractivity contribution < 1.29 is 13.2 Å². The minimum absolute atomic E-state index is 0. The lowest BCUT2D eigenvalue weighted by Gasteiger charge is -2.17. The van der Waals surface area contributed by atoms with Crippen LogP contribution in [0, 0.1) is 5.92 Å². The molecule has 1 heterocycles. The molecule has 1 aromatic carbocycles. The van der Waals surface area contributed by atoms with Crippen LogP contribution in [0.1, 0.15) is 24.8 Å². The molecular formula is C16H25ClN2O3S. The SMILES string of the molecule is CCCS(=O)(=O)CC(=O)N1C[C@@H](CN)[C@H](c2ccccc2)C1.Cl. The Bertz CT molecular complexity index is 607. The van der Waals surface area contributed by atoms with E-state index in [0.29, 0.717) is 26.1 Å². The van der Waals surface area contributed by atoms with Gasteiger partial charge in [0, 0.05) is 19.0 Å². The molecule has 0 aromatic heterocycles. The molecular weight excluding hydrogens is 336 g/mol. The first kappa shape index (κ1) is 19.9. The fourth-order valence-corrected chi connectivity index (χ4v) is 4.38. The van der Waals surface area contributed by atoms with Gasteiger partial charge in [-0.2, -0.15) is 0 Å². The van der Waals surface area contributed by atoms with Crippen molar-refractivity contribution in [1.82, 2.24) is 4.90 Å². The molecule has 1 aliphatic rings. The largest absolute Gasteiger partial charge is 0.341 e. The van der Waals surface area contributed by atoms with E-state index in [1.807, 2.05) is 30.3 Å². The minimum Gasteiger partial charge on any atom is -0.341 e. The van der Waals surface area contributed by atoms with Crippen LogP contribution in [0.25, 0.3) is 0 Å². The zero-order chi connectivity index (χ0) is 16.2. The van der Waals surface area contributed by atoms with Gasteiger partial charge in [-0.3, -0.25) is 4.79 Å². The molecule has 2 rings (SSSR count). The molecule has 23 heavy (non-hydrogen) atoms. The maximum atomic E-state index is 12.3. The third-order valence-corrected chi connectivity index (χ3v) is 5.90. The standard InChI is InChI=1S/C16H24N2O3S.ClH/c1-2-8-22(20,21)12-16(19)18-10-14(9-17)15(11-18)13-6-4-3-5-7-13;/h3-7,14-15H,2,8-12,17H2,1H3;1H/t14-,15+;/m1./s1. The predicted octanol–water partition coefficient (Wildman–Crippen LogP) is 1.43. The van der Waals surface area contributed by atoms with E-state index in [4.69, 9.17) is 5.73 Å². The van der Waals surface area contributed by atoms with Crippen molar-refractivity contribution in [2.75, 3.05) is 31.1 Å². The molecule has 130 valence electrons. The number of nitrogens with two attached hydrogens (primary N) is 1.